The predicted octanol–water partition coefficient (Wildman–Crippen LogP) is -0.0982. The van der Waals surface area contributed by atoms with Crippen LogP contribution in [0.25, 0.3) is 6.08 Å². The fraction of sp³-hybridized carbons (Fsp3) is 0.227. The van der Waals surface area contributed by atoms with Gasteiger partial charge in [0.25, 0.3) is 11.1 Å². The number of carbonyl (C=O) groups excluding carboxylic acids is 1. The van der Waals surface area contributed by atoms with Crippen molar-refractivity contribution in [2.75, 3.05) is 0 Å². The maximum atomic E-state index is 12.5. The Morgan fingerprint density at radius 1 is 0.906 bits per heavy atom. The van der Waals surface area contributed by atoms with Crippen molar-refractivity contribution in [1.82, 2.24) is 24.4 Å². The Hall–Kier alpha value is -4.21. The smallest absolute Gasteiger partial charge is 0.328 e. The average Bonchev–Trinajstić information content (AvgIpc) is 2.75. The molecular formula is C22H23N5O5. The highest BCUT2D eigenvalue weighted by atomic mass is 16.2. The number of aromatic nitrogens is 4. The maximum Gasteiger partial charge on any atom is 0.328 e. The third kappa shape index (κ3) is 5.69. The van der Waals surface area contributed by atoms with Crippen molar-refractivity contribution in [3.8, 4) is 0 Å². The first-order valence-corrected chi connectivity index (χ1v) is 9.87. The lowest BCUT2D eigenvalue weighted by atomic mass is 10.2. The van der Waals surface area contributed by atoms with E-state index in [9.17, 15) is 24.0 Å². The quantitative estimate of drug-likeness (QED) is 0.443. The molecule has 10 heteroatoms. The summed E-state index contributed by atoms with van der Waals surface area (Å²) < 4.78 is 2.51. The van der Waals surface area contributed by atoms with E-state index in [4.69, 9.17) is 0 Å². The minimum Gasteiger partial charge on any atom is -0.346 e. The van der Waals surface area contributed by atoms with Gasteiger partial charge in [0.15, 0.2) is 0 Å². The summed E-state index contributed by atoms with van der Waals surface area (Å²) >= 11 is 0. The van der Waals surface area contributed by atoms with Gasteiger partial charge in [0.1, 0.15) is 0 Å². The summed E-state index contributed by atoms with van der Waals surface area (Å²) in [7, 11) is 0. The highest BCUT2D eigenvalue weighted by Crippen LogP contribution is 2.01. The van der Waals surface area contributed by atoms with Crippen LogP contribution in [-0.2, 0) is 17.9 Å². The number of amides is 1. The lowest BCUT2D eigenvalue weighted by Gasteiger charge is -2.20. The molecule has 0 saturated heterocycles. The number of benzene rings is 1. The molecule has 0 bridgehead atoms. The normalized spacial score (nSPS) is 11.2. The molecule has 0 saturated carbocycles. The van der Waals surface area contributed by atoms with Crippen molar-refractivity contribution in [3.05, 3.63) is 107 Å². The number of nitrogens with one attached hydrogen (secondary N) is 3. The molecule has 3 rings (SSSR count). The molecular weight excluding hydrogens is 414 g/mol. The Morgan fingerprint density at radius 2 is 1.41 bits per heavy atom. The van der Waals surface area contributed by atoms with Crippen LogP contribution in [0.2, 0.25) is 0 Å². The molecule has 2 heterocycles. The Labute approximate surface area is 181 Å². The Bertz CT molecular complexity index is 1300. The van der Waals surface area contributed by atoms with Crippen LogP contribution in [0.5, 0.6) is 0 Å². The molecule has 10 nitrogen and oxygen atoms in total. The van der Waals surface area contributed by atoms with E-state index in [1.54, 1.807) is 19.9 Å². The van der Waals surface area contributed by atoms with Crippen molar-refractivity contribution in [1.29, 1.82) is 0 Å². The fourth-order valence-corrected chi connectivity index (χ4v) is 3.12. The molecule has 3 aromatic rings. The van der Waals surface area contributed by atoms with Crippen molar-refractivity contribution in [2.45, 2.75) is 33.0 Å². The first-order chi connectivity index (χ1) is 15.2. The van der Waals surface area contributed by atoms with Gasteiger partial charge in [-0.05, 0) is 25.5 Å². The summed E-state index contributed by atoms with van der Waals surface area (Å²) in [5.41, 5.74) is -0.768. The molecule has 0 aliphatic rings. The van der Waals surface area contributed by atoms with Crippen molar-refractivity contribution in [2.24, 2.45) is 0 Å². The third-order valence-electron chi connectivity index (χ3n) is 4.79. The van der Waals surface area contributed by atoms with Gasteiger partial charge in [0, 0.05) is 42.7 Å². The average molecular weight is 437 g/mol. The SMILES string of the molecule is Cc1cn(CC(Cn2cc(C)c(=O)[nH]c2=O)NC(=O)/C=C/c2ccccc2)c(=O)[nH]c1=O. The lowest BCUT2D eigenvalue weighted by molar-refractivity contribution is -0.117. The topological polar surface area (TPSA) is 139 Å². The Morgan fingerprint density at radius 3 is 1.91 bits per heavy atom. The molecule has 0 aliphatic heterocycles. The van der Waals surface area contributed by atoms with E-state index in [1.165, 1.54) is 27.6 Å². The van der Waals surface area contributed by atoms with Gasteiger partial charge in [0.05, 0.1) is 6.04 Å². The van der Waals surface area contributed by atoms with E-state index >= 15 is 0 Å². The number of carbonyl (C=O) groups is 1. The van der Waals surface area contributed by atoms with E-state index in [0.29, 0.717) is 11.1 Å². The van der Waals surface area contributed by atoms with Gasteiger partial charge in [-0.2, -0.15) is 0 Å². The van der Waals surface area contributed by atoms with Crippen LogP contribution in [0.4, 0.5) is 0 Å². The second-order valence-electron chi connectivity index (χ2n) is 7.40. The fourth-order valence-electron chi connectivity index (χ4n) is 3.12. The summed E-state index contributed by atoms with van der Waals surface area (Å²) in [5, 5.41) is 2.78. The number of H-pyrrole nitrogens is 2. The molecule has 1 aromatic carbocycles. The van der Waals surface area contributed by atoms with Crippen LogP contribution in [0.1, 0.15) is 16.7 Å². The first kappa shape index (κ1) is 22.5. The Kier molecular flexibility index (Phi) is 6.83. The van der Waals surface area contributed by atoms with E-state index in [-0.39, 0.29) is 13.1 Å². The van der Waals surface area contributed by atoms with E-state index in [2.05, 4.69) is 15.3 Å². The Balaban J connectivity index is 1.88. The van der Waals surface area contributed by atoms with Crippen molar-refractivity contribution >= 4 is 12.0 Å². The molecule has 2 aromatic heterocycles. The second-order valence-corrected chi connectivity index (χ2v) is 7.40. The summed E-state index contributed by atoms with van der Waals surface area (Å²) in [5.74, 6) is -0.428. The highest BCUT2D eigenvalue weighted by molar-refractivity contribution is 5.91. The number of rotatable bonds is 7. The minimum absolute atomic E-state index is 0.00795. The summed E-state index contributed by atoms with van der Waals surface area (Å²) in [6, 6.07) is 8.53. The van der Waals surface area contributed by atoms with Crippen LogP contribution in [0.3, 0.4) is 0 Å². The number of nitrogens with zero attached hydrogens (tertiary/aromatic N) is 2. The van der Waals surface area contributed by atoms with Crippen LogP contribution in [-0.4, -0.2) is 31.1 Å². The van der Waals surface area contributed by atoms with Gasteiger partial charge in [-0.1, -0.05) is 30.3 Å². The third-order valence-corrected chi connectivity index (χ3v) is 4.79. The van der Waals surface area contributed by atoms with Gasteiger partial charge in [-0.25, -0.2) is 9.59 Å². The highest BCUT2D eigenvalue weighted by Gasteiger charge is 2.16. The molecule has 0 spiro atoms. The van der Waals surface area contributed by atoms with Crippen LogP contribution in [0, 0.1) is 13.8 Å². The summed E-state index contributed by atoms with van der Waals surface area (Å²) in [6.07, 6.45) is 5.77. The van der Waals surface area contributed by atoms with Gasteiger partial charge < -0.3 is 5.32 Å². The van der Waals surface area contributed by atoms with Crippen LogP contribution in [0.15, 0.2) is 68.0 Å². The summed E-state index contributed by atoms with van der Waals surface area (Å²) in [6.45, 7) is 3.10. The number of hydrogen-bond donors (Lipinski definition) is 3. The first-order valence-electron chi connectivity index (χ1n) is 9.87. The zero-order valence-corrected chi connectivity index (χ0v) is 17.6. The molecule has 0 unspecified atom stereocenters. The van der Waals surface area contributed by atoms with Gasteiger partial charge in [0.2, 0.25) is 5.91 Å². The van der Waals surface area contributed by atoms with E-state index < -0.39 is 34.4 Å². The number of aryl methyl sites for hydroxylation is 2. The monoisotopic (exact) mass is 437 g/mol. The van der Waals surface area contributed by atoms with Gasteiger partial charge in [-0.15, -0.1) is 0 Å². The lowest BCUT2D eigenvalue weighted by Crippen LogP contribution is -2.45. The summed E-state index contributed by atoms with van der Waals surface area (Å²) in [4.78, 5) is 64.7. The van der Waals surface area contributed by atoms with Crippen LogP contribution < -0.4 is 27.8 Å². The maximum absolute atomic E-state index is 12.5. The zero-order chi connectivity index (χ0) is 23.3. The largest absolute Gasteiger partial charge is 0.346 e. The molecule has 1 amide bonds. The molecule has 166 valence electrons. The van der Waals surface area contributed by atoms with E-state index in [0.717, 1.165) is 5.56 Å². The van der Waals surface area contributed by atoms with Crippen molar-refractivity contribution in [3.63, 3.8) is 0 Å². The van der Waals surface area contributed by atoms with Gasteiger partial charge in [-0.3, -0.25) is 33.5 Å². The second kappa shape index (κ2) is 9.73. The zero-order valence-electron chi connectivity index (χ0n) is 17.6. The minimum atomic E-state index is -0.700. The number of aromatic amines is 2. The molecule has 32 heavy (non-hydrogen) atoms. The van der Waals surface area contributed by atoms with Crippen molar-refractivity contribution < 1.29 is 4.79 Å². The van der Waals surface area contributed by atoms with E-state index in [1.807, 2.05) is 30.3 Å². The molecule has 0 radical (unpaired) electrons. The predicted molar refractivity (Wildman–Crippen MR) is 120 cm³/mol. The molecule has 0 fully saturated rings. The molecule has 0 atom stereocenters. The molecule has 3 N–H and O–H groups in total. The molecule has 0 aliphatic carbocycles. The standard InChI is InChI=1S/C22H23N5O5/c1-14-10-26(21(31)24-19(14)29)12-17(13-27-11-15(2)20(30)25-22(27)32)23-18(28)9-8-16-6-4-3-5-7-16/h3-11,17H,12-13H2,1-2H3,(H,23,28)(H,24,29,31)(H,25,30,32)/b9-8+. The van der Waals surface area contributed by atoms with Crippen LogP contribution >= 0.6 is 0 Å². The van der Waals surface area contributed by atoms with Gasteiger partial charge >= 0.3 is 11.4 Å². The number of hydrogen-bond acceptors (Lipinski definition) is 5.